The maximum atomic E-state index is 13.2. The zero-order valence-electron chi connectivity index (χ0n) is 17.7. The molecule has 0 heterocycles. The largest absolute Gasteiger partial charge is 0.497 e. The Morgan fingerprint density at radius 3 is 2.00 bits per heavy atom. The summed E-state index contributed by atoms with van der Waals surface area (Å²) >= 11 is 0. The average molecular weight is 456 g/mol. The van der Waals surface area contributed by atoms with Crippen LogP contribution in [-0.4, -0.2) is 42.8 Å². The number of sulfonamides is 2. The Labute approximate surface area is 179 Å². The molecule has 30 heavy (non-hydrogen) atoms. The van der Waals surface area contributed by atoms with Crippen LogP contribution in [0.5, 0.6) is 5.75 Å². The molecule has 0 saturated heterocycles. The van der Waals surface area contributed by atoms with Crippen LogP contribution in [0, 0.1) is 0 Å². The number of methoxy groups -OCH3 is 1. The fourth-order valence-electron chi connectivity index (χ4n) is 2.99. The molecule has 10 heteroatoms. The summed E-state index contributed by atoms with van der Waals surface area (Å²) in [5, 5.41) is 0. The van der Waals surface area contributed by atoms with Crippen LogP contribution in [0.1, 0.15) is 27.2 Å². The van der Waals surface area contributed by atoms with Crippen LogP contribution in [0.4, 0.5) is 17.1 Å². The van der Waals surface area contributed by atoms with Crippen LogP contribution < -0.4 is 19.1 Å². The SMILES string of the molecule is CCCS(=O)(=O)Nc1ccc(N(CC)CC)c(S(=O)(=O)Nc2ccc(OC)cc2)c1. The van der Waals surface area contributed by atoms with Gasteiger partial charge in [-0.15, -0.1) is 0 Å². The fraction of sp³-hybridized carbons (Fsp3) is 0.400. The van der Waals surface area contributed by atoms with E-state index in [4.69, 9.17) is 4.74 Å². The molecule has 0 aliphatic heterocycles. The molecule has 0 amide bonds. The topological polar surface area (TPSA) is 105 Å². The van der Waals surface area contributed by atoms with Crippen molar-refractivity contribution in [3.8, 4) is 5.75 Å². The molecule has 0 fully saturated rings. The van der Waals surface area contributed by atoms with Crippen LogP contribution >= 0.6 is 0 Å². The van der Waals surface area contributed by atoms with E-state index in [-0.39, 0.29) is 16.3 Å². The van der Waals surface area contributed by atoms with Crippen LogP contribution in [0.2, 0.25) is 0 Å². The lowest BCUT2D eigenvalue weighted by Crippen LogP contribution is -2.26. The Morgan fingerprint density at radius 1 is 0.867 bits per heavy atom. The van der Waals surface area contributed by atoms with Crippen molar-refractivity contribution in [2.75, 3.05) is 40.3 Å². The molecule has 0 aromatic heterocycles. The van der Waals surface area contributed by atoms with Crippen LogP contribution in [0.15, 0.2) is 47.4 Å². The predicted octanol–water partition coefficient (Wildman–Crippen LogP) is 3.49. The standard InChI is InChI=1S/C20H29N3O5S2/c1-5-14-29(24,25)21-17-10-13-19(23(6-2)7-3)20(15-17)30(26,27)22-16-8-11-18(28-4)12-9-16/h8-13,15,21-22H,5-7,14H2,1-4H3. The van der Waals surface area contributed by atoms with Crippen molar-refractivity contribution in [2.24, 2.45) is 0 Å². The number of ether oxygens (including phenoxy) is 1. The first kappa shape index (κ1) is 23.8. The van der Waals surface area contributed by atoms with Crippen molar-refractivity contribution in [1.29, 1.82) is 0 Å². The van der Waals surface area contributed by atoms with Gasteiger partial charge in [-0.2, -0.15) is 0 Å². The highest BCUT2D eigenvalue weighted by atomic mass is 32.2. The van der Waals surface area contributed by atoms with Crippen molar-refractivity contribution in [3.63, 3.8) is 0 Å². The lowest BCUT2D eigenvalue weighted by atomic mass is 10.2. The summed E-state index contributed by atoms with van der Waals surface area (Å²) in [6.45, 7) is 6.81. The Morgan fingerprint density at radius 2 is 1.47 bits per heavy atom. The van der Waals surface area contributed by atoms with Gasteiger partial charge < -0.3 is 9.64 Å². The number of nitrogens with one attached hydrogen (secondary N) is 2. The van der Waals surface area contributed by atoms with Crippen molar-refractivity contribution < 1.29 is 21.6 Å². The number of benzene rings is 2. The lowest BCUT2D eigenvalue weighted by molar-refractivity contribution is 0.415. The van der Waals surface area contributed by atoms with Gasteiger partial charge >= 0.3 is 0 Å². The van der Waals surface area contributed by atoms with E-state index in [2.05, 4.69) is 9.44 Å². The second-order valence-corrected chi connectivity index (χ2v) is 10.1. The molecule has 0 radical (unpaired) electrons. The van der Waals surface area contributed by atoms with Gasteiger partial charge in [0.1, 0.15) is 10.6 Å². The third-order valence-corrected chi connectivity index (χ3v) is 7.34. The summed E-state index contributed by atoms with van der Waals surface area (Å²) < 4.78 is 60.8. The summed E-state index contributed by atoms with van der Waals surface area (Å²) in [5.41, 5.74) is 1.08. The van der Waals surface area contributed by atoms with Gasteiger partial charge in [-0.05, 0) is 62.7 Å². The van der Waals surface area contributed by atoms with E-state index in [1.165, 1.54) is 13.2 Å². The minimum Gasteiger partial charge on any atom is -0.497 e. The first-order valence-corrected chi connectivity index (χ1v) is 12.9. The number of rotatable bonds is 11. The van der Waals surface area contributed by atoms with E-state index in [1.54, 1.807) is 43.3 Å². The van der Waals surface area contributed by atoms with Crippen molar-refractivity contribution in [2.45, 2.75) is 32.1 Å². The van der Waals surface area contributed by atoms with E-state index in [0.717, 1.165) is 0 Å². The molecular formula is C20H29N3O5S2. The smallest absolute Gasteiger partial charge is 0.264 e. The second-order valence-electron chi connectivity index (χ2n) is 6.61. The molecule has 0 bridgehead atoms. The van der Waals surface area contributed by atoms with Gasteiger partial charge in [0.2, 0.25) is 10.0 Å². The zero-order valence-corrected chi connectivity index (χ0v) is 19.3. The minimum atomic E-state index is -3.99. The molecule has 2 N–H and O–H groups in total. The summed E-state index contributed by atoms with van der Waals surface area (Å²) in [7, 11) is -6.01. The zero-order chi connectivity index (χ0) is 22.4. The molecule has 2 rings (SSSR count). The summed E-state index contributed by atoms with van der Waals surface area (Å²) in [4.78, 5) is 1.89. The van der Waals surface area contributed by atoms with Gasteiger partial charge in [-0.3, -0.25) is 9.44 Å². The highest BCUT2D eigenvalue weighted by Crippen LogP contribution is 2.31. The predicted molar refractivity (Wildman–Crippen MR) is 122 cm³/mol. The molecule has 0 aliphatic carbocycles. The monoisotopic (exact) mass is 455 g/mol. The maximum absolute atomic E-state index is 13.2. The average Bonchev–Trinajstić information content (AvgIpc) is 2.69. The number of nitrogens with zero attached hydrogens (tertiary/aromatic N) is 1. The van der Waals surface area contributed by atoms with Gasteiger partial charge in [0.15, 0.2) is 0 Å². The number of hydrogen-bond acceptors (Lipinski definition) is 6. The normalized spacial score (nSPS) is 11.7. The van der Waals surface area contributed by atoms with Crippen molar-refractivity contribution in [3.05, 3.63) is 42.5 Å². The molecule has 0 unspecified atom stereocenters. The van der Waals surface area contributed by atoms with Crippen molar-refractivity contribution >= 4 is 37.1 Å². The molecule has 0 saturated carbocycles. The van der Waals surface area contributed by atoms with Gasteiger partial charge in [0, 0.05) is 24.5 Å². The van der Waals surface area contributed by atoms with E-state index in [0.29, 0.717) is 36.6 Å². The van der Waals surface area contributed by atoms with Gasteiger partial charge in [-0.1, -0.05) is 6.92 Å². The molecule has 0 aliphatic rings. The third-order valence-electron chi connectivity index (χ3n) is 4.44. The van der Waals surface area contributed by atoms with Gasteiger partial charge in [0.05, 0.1) is 18.6 Å². The number of anilines is 3. The summed E-state index contributed by atoms with van der Waals surface area (Å²) in [6, 6.07) is 11.1. The van der Waals surface area contributed by atoms with E-state index in [9.17, 15) is 16.8 Å². The van der Waals surface area contributed by atoms with Crippen LogP contribution in [0.3, 0.4) is 0 Å². The molecule has 166 valence electrons. The highest BCUT2D eigenvalue weighted by Gasteiger charge is 2.23. The molecule has 8 nitrogen and oxygen atoms in total. The Kier molecular flexibility index (Phi) is 7.96. The molecular weight excluding hydrogens is 426 g/mol. The third kappa shape index (κ3) is 6.02. The van der Waals surface area contributed by atoms with Crippen LogP contribution in [0.25, 0.3) is 0 Å². The molecule has 0 atom stereocenters. The molecule has 2 aromatic carbocycles. The lowest BCUT2D eigenvalue weighted by Gasteiger charge is -2.25. The quantitative estimate of drug-likeness (QED) is 0.537. The summed E-state index contributed by atoms with van der Waals surface area (Å²) in [6.07, 6.45) is 0.455. The fourth-order valence-corrected chi connectivity index (χ4v) is 5.42. The van der Waals surface area contributed by atoms with Crippen molar-refractivity contribution in [1.82, 2.24) is 0 Å². The van der Waals surface area contributed by atoms with E-state index in [1.807, 2.05) is 18.7 Å². The van der Waals surface area contributed by atoms with Gasteiger partial charge in [-0.25, -0.2) is 16.8 Å². The maximum Gasteiger partial charge on any atom is 0.264 e. The highest BCUT2D eigenvalue weighted by molar-refractivity contribution is 7.93. The first-order valence-electron chi connectivity index (χ1n) is 9.72. The Balaban J connectivity index is 2.49. The first-order chi connectivity index (χ1) is 14.2. The summed E-state index contributed by atoms with van der Waals surface area (Å²) in [5.74, 6) is 0.561. The Hall–Kier alpha value is -2.46. The van der Waals surface area contributed by atoms with Gasteiger partial charge in [0.25, 0.3) is 10.0 Å². The number of hydrogen-bond donors (Lipinski definition) is 2. The Bertz CT molecular complexity index is 1050. The molecule has 2 aromatic rings. The second kappa shape index (κ2) is 10.0. The van der Waals surface area contributed by atoms with Crippen LogP contribution in [-0.2, 0) is 20.0 Å². The molecule has 0 spiro atoms. The van der Waals surface area contributed by atoms with E-state index < -0.39 is 20.0 Å². The minimum absolute atomic E-state index is 0.00119. The van der Waals surface area contributed by atoms with E-state index >= 15 is 0 Å².